The second-order valence-electron chi connectivity index (χ2n) is 5.61. The number of sulfonamides is 1. The van der Waals surface area contributed by atoms with E-state index in [2.05, 4.69) is 15.9 Å². The summed E-state index contributed by atoms with van der Waals surface area (Å²) in [6, 6.07) is 4.51. The molecule has 0 amide bonds. The molecule has 2 atom stereocenters. The van der Waals surface area contributed by atoms with E-state index in [1.165, 1.54) is 16.6 Å². The van der Waals surface area contributed by atoms with E-state index in [1.807, 2.05) is 0 Å². The molecule has 1 saturated heterocycles. The normalized spacial score (nSPS) is 22.2. The largest absolute Gasteiger partial charge is 0.324 e. The smallest absolute Gasteiger partial charge is 0.211 e. The van der Waals surface area contributed by atoms with E-state index in [0.29, 0.717) is 24.0 Å². The predicted molar refractivity (Wildman–Crippen MR) is 84.8 cm³/mol. The van der Waals surface area contributed by atoms with Gasteiger partial charge in [-0.3, -0.25) is 0 Å². The third kappa shape index (κ3) is 4.25. The SMILES string of the molecule is CS(=O)(=O)N1CCCC(CC(N)c2cccc(F)c2Br)C1. The van der Waals surface area contributed by atoms with Crippen LogP contribution in [-0.4, -0.2) is 32.1 Å². The Morgan fingerprint density at radius 1 is 1.52 bits per heavy atom. The molecule has 1 fully saturated rings. The van der Waals surface area contributed by atoms with Crippen LogP contribution in [0.3, 0.4) is 0 Å². The van der Waals surface area contributed by atoms with Crippen molar-refractivity contribution in [2.45, 2.75) is 25.3 Å². The van der Waals surface area contributed by atoms with E-state index in [4.69, 9.17) is 5.73 Å². The summed E-state index contributed by atoms with van der Waals surface area (Å²) in [6.45, 7) is 1.08. The molecule has 0 radical (unpaired) electrons. The Balaban J connectivity index is 2.06. The molecule has 0 spiro atoms. The van der Waals surface area contributed by atoms with E-state index in [-0.39, 0.29) is 17.8 Å². The van der Waals surface area contributed by atoms with Crippen LogP contribution in [0.2, 0.25) is 0 Å². The summed E-state index contributed by atoms with van der Waals surface area (Å²) in [4.78, 5) is 0. The molecule has 1 aromatic rings. The maximum absolute atomic E-state index is 13.5. The molecule has 7 heteroatoms. The standard InChI is InChI=1S/C14H20BrFN2O2S/c1-21(19,20)18-7-3-4-10(9-18)8-13(17)11-5-2-6-12(16)14(11)15/h2,5-6,10,13H,3-4,7-9,17H2,1H3. The summed E-state index contributed by atoms with van der Waals surface area (Å²) in [6.07, 6.45) is 3.67. The molecular weight excluding hydrogens is 359 g/mol. The number of rotatable bonds is 4. The van der Waals surface area contributed by atoms with Crippen molar-refractivity contribution in [1.29, 1.82) is 0 Å². The number of nitrogens with two attached hydrogens (primary N) is 1. The molecule has 1 aromatic carbocycles. The number of halogens is 2. The number of nitrogens with zero attached hydrogens (tertiary/aromatic N) is 1. The van der Waals surface area contributed by atoms with Crippen molar-refractivity contribution in [3.63, 3.8) is 0 Å². The van der Waals surface area contributed by atoms with Crippen LogP contribution >= 0.6 is 15.9 Å². The summed E-state index contributed by atoms with van der Waals surface area (Å²) in [5.41, 5.74) is 6.91. The van der Waals surface area contributed by atoms with E-state index in [1.54, 1.807) is 12.1 Å². The van der Waals surface area contributed by atoms with Gasteiger partial charge in [0, 0.05) is 19.1 Å². The van der Waals surface area contributed by atoms with Crippen LogP contribution in [0.25, 0.3) is 0 Å². The van der Waals surface area contributed by atoms with Crippen molar-refractivity contribution in [1.82, 2.24) is 4.31 Å². The minimum absolute atomic E-state index is 0.207. The van der Waals surface area contributed by atoms with Gasteiger partial charge in [-0.25, -0.2) is 17.1 Å². The van der Waals surface area contributed by atoms with Crippen LogP contribution < -0.4 is 5.73 Å². The van der Waals surface area contributed by atoms with Crippen molar-refractivity contribution in [2.75, 3.05) is 19.3 Å². The zero-order valence-electron chi connectivity index (χ0n) is 11.9. The minimum atomic E-state index is -3.15. The molecule has 2 unspecified atom stereocenters. The number of piperidine rings is 1. The first-order valence-corrected chi connectivity index (χ1v) is 9.57. The Kier molecular flexibility index (Phi) is 5.40. The van der Waals surface area contributed by atoms with Gasteiger partial charge in [0.2, 0.25) is 10.0 Å². The Morgan fingerprint density at radius 2 is 2.24 bits per heavy atom. The van der Waals surface area contributed by atoms with E-state index >= 15 is 0 Å². The molecule has 21 heavy (non-hydrogen) atoms. The van der Waals surface area contributed by atoms with Gasteiger partial charge in [-0.1, -0.05) is 12.1 Å². The zero-order valence-corrected chi connectivity index (χ0v) is 14.3. The first kappa shape index (κ1) is 16.9. The molecule has 1 heterocycles. The van der Waals surface area contributed by atoms with Crippen LogP contribution in [0.15, 0.2) is 22.7 Å². The van der Waals surface area contributed by atoms with Crippen molar-refractivity contribution in [3.8, 4) is 0 Å². The minimum Gasteiger partial charge on any atom is -0.324 e. The highest BCUT2D eigenvalue weighted by atomic mass is 79.9. The maximum atomic E-state index is 13.5. The molecule has 1 aliphatic rings. The van der Waals surface area contributed by atoms with Crippen LogP contribution in [0, 0.1) is 11.7 Å². The predicted octanol–water partition coefficient (Wildman–Crippen LogP) is 2.65. The number of benzene rings is 1. The average Bonchev–Trinajstić information content (AvgIpc) is 2.41. The lowest BCUT2D eigenvalue weighted by Gasteiger charge is -2.32. The van der Waals surface area contributed by atoms with Gasteiger partial charge in [-0.05, 0) is 52.7 Å². The van der Waals surface area contributed by atoms with Crippen LogP contribution in [0.1, 0.15) is 30.9 Å². The summed E-state index contributed by atoms with van der Waals surface area (Å²) >= 11 is 3.23. The Hall–Kier alpha value is -0.500. The Morgan fingerprint density at radius 3 is 2.90 bits per heavy atom. The third-order valence-corrected chi connectivity index (χ3v) is 6.03. The van der Waals surface area contributed by atoms with Gasteiger partial charge in [0.15, 0.2) is 0 Å². The molecule has 2 N–H and O–H groups in total. The molecule has 4 nitrogen and oxygen atoms in total. The van der Waals surface area contributed by atoms with Gasteiger partial charge in [0.05, 0.1) is 10.7 Å². The quantitative estimate of drug-likeness (QED) is 0.875. The Bertz CT molecular complexity index is 609. The molecule has 1 aliphatic heterocycles. The fraction of sp³-hybridized carbons (Fsp3) is 0.571. The lowest BCUT2D eigenvalue weighted by Crippen LogP contribution is -2.40. The summed E-state index contributed by atoms with van der Waals surface area (Å²) in [7, 11) is -3.15. The molecule has 0 saturated carbocycles. The van der Waals surface area contributed by atoms with Crippen molar-refractivity contribution in [2.24, 2.45) is 11.7 Å². The summed E-state index contributed by atoms with van der Waals surface area (Å²) < 4.78 is 38.7. The van der Waals surface area contributed by atoms with Crippen LogP contribution in [0.5, 0.6) is 0 Å². The fourth-order valence-electron chi connectivity index (χ4n) is 2.81. The summed E-state index contributed by atoms with van der Waals surface area (Å²) in [5.74, 6) is -0.122. The van der Waals surface area contributed by atoms with Crippen LogP contribution in [-0.2, 0) is 10.0 Å². The van der Waals surface area contributed by atoms with Gasteiger partial charge < -0.3 is 5.73 Å². The van der Waals surface area contributed by atoms with Crippen molar-refractivity contribution >= 4 is 26.0 Å². The molecule has 0 bridgehead atoms. The second kappa shape index (κ2) is 6.73. The first-order chi connectivity index (χ1) is 9.79. The van der Waals surface area contributed by atoms with Gasteiger partial charge in [0.25, 0.3) is 0 Å². The number of hydrogen-bond donors (Lipinski definition) is 1. The molecular formula is C14H20BrFN2O2S. The summed E-state index contributed by atoms with van der Waals surface area (Å²) in [5, 5.41) is 0. The van der Waals surface area contributed by atoms with Gasteiger partial charge >= 0.3 is 0 Å². The lowest BCUT2D eigenvalue weighted by atomic mass is 9.90. The van der Waals surface area contributed by atoms with Gasteiger partial charge in [0.1, 0.15) is 5.82 Å². The van der Waals surface area contributed by atoms with E-state index in [9.17, 15) is 12.8 Å². The molecule has 0 aliphatic carbocycles. The monoisotopic (exact) mass is 378 g/mol. The molecule has 118 valence electrons. The fourth-order valence-corrected chi connectivity index (χ4v) is 4.31. The third-order valence-electron chi connectivity index (χ3n) is 3.92. The topological polar surface area (TPSA) is 63.4 Å². The van der Waals surface area contributed by atoms with Crippen molar-refractivity contribution in [3.05, 3.63) is 34.1 Å². The van der Waals surface area contributed by atoms with Crippen molar-refractivity contribution < 1.29 is 12.8 Å². The average molecular weight is 379 g/mol. The number of hydrogen-bond acceptors (Lipinski definition) is 3. The van der Waals surface area contributed by atoms with Gasteiger partial charge in [-0.15, -0.1) is 0 Å². The zero-order chi connectivity index (χ0) is 15.6. The second-order valence-corrected chi connectivity index (χ2v) is 8.39. The highest BCUT2D eigenvalue weighted by Crippen LogP contribution is 2.31. The van der Waals surface area contributed by atoms with Crippen LogP contribution in [0.4, 0.5) is 4.39 Å². The molecule has 2 rings (SSSR count). The lowest BCUT2D eigenvalue weighted by molar-refractivity contribution is 0.247. The van der Waals surface area contributed by atoms with E-state index in [0.717, 1.165) is 18.4 Å². The molecule has 0 aromatic heterocycles. The van der Waals surface area contributed by atoms with Gasteiger partial charge in [-0.2, -0.15) is 0 Å². The van der Waals surface area contributed by atoms with E-state index < -0.39 is 10.0 Å². The maximum Gasteiger partial charge on any atom is 0.211 e. The Labute approximate surface area is 133 Å². The first-order valence-electron chi connectivity index (χ1n) is 6.93. The highest BCUT2D eigenvalue weighted by molar-refractivity contribution is 9.10. The highest BCUT2D eigenvalue weighted by Gasteiger charge is 2.27.